The SMILES string of the molecule is CCCCC(CC)C(OOC(=O)c1ccccc1)OC(=O)O. The number of carboxylic acid groups (broad SMARTS) is 1. The summed E-state index contributed by atoms with van der Waals surface area (Å²) in [5.74, 6) is -0.857. The van der Waals surface area contributed by atoms with Crippen LogP contribution in [0.25, 0.3) is 0 Å². The molecule has 0 saturated carbocycles. The molecule has 0 aromatic heterocycles. The average Bonchev–Trinajstić information content (AvgIpc) is 2.53. The summed E-state index contributed by atoms with van der Waals surface area (Å²) in [4.78, 5) is 32.3. The first kappa shape index (κ1) is 18.0. The summed E-state index contributed by atoms with van der Waals surface area (Å²) in [6.45, 7) is 3.94. The van der Waals surface area contributed by atoms with Crippen molar-refractivity contribution in [3.8, 4) is 0 Å². The van der Waals surface area contributed by atoms with E-state index in [1.54, 1.807) is 30.3 Å². The molecule has 1 aromatic rings. The quantitative estimate of drug-likeness (QED) is 0.321. The molecule has 0 aliphatic carbocycles. The van der Waals surface area contributed by atoms with Gasteiger partial charge in [0.2, 0.25) is 0 Å². The fourth-order valence-corrected chi connectivity index (χ4v) is 2.01. The van der Waals surface area contributed by atoms with Crippen molar-refractivity contribution in [2.24, 2.45) is 5.92 Å². The van der Waals surface area contributed by atoms with E-state index in [2.05, 4.69) is 0 Å². The van der Waals surface area contributed by atoms with Gasteiger partial charge >= 0.3 is 12.1 Å². The average molecular weight is 310 g/mol. The first-order valence-electron chi connectivity index (χ1n) is 7.40. The molecule has 1 N–H and O–H groups in total. The van der Waals surface area contributed by atoms with E-state index < -0.39 is 18.4 Å². The summed E-state index contributed by atoms with van der Waals surface area (Å²) < 4.78 is 4.70. The van der Waals surface area contributed by atoms with Gasteiger partial charge in [-0.05, 0) is 25.0 Å². The summed E-state index contributed by atoms with van der Waals surface area (Å²) in [5, 5.41) is 8.79. The van der Waals surface area contributed by atoms with Gasteiger partial charge in [0.15, 0.2) is 0 Å². The number of rotatable bonds is 9. The van der Waals surface area contributed by atoms with Gasteiger partial charge in [0.05, 0.1) is 5.56 Å². The number of unbranched alkanes of at least 4 members (excludes halogenated alkanes) is 1. The second kappa shape index (κ2) is 9.78. The molecule has 0 aliphatic rings. The van der Waals surface area contributed by atoms with Gasteiger partial charge in [0.1, 0.15) is 0 Å². The van der Waals surface area contributed by atoms with Crippen LogP contribution in [0.1, 0.15) is 49.9 Å². The van der Waals surface area contributed by atoms with Crippen LogP contribution in [0, 0.1) is 5.92 Å². The molecule has 6 nitrogen and oxygen atoms in total. The molecule has 1 rings (SSSR count). The zero-order valence-electron chi connectivity index (χ0n) is 12.9. The van der Waals surface area contributed by atoms with Crippen molar-refractivity contribution in [1.82, 2.24) is 0 Å². The van der Waals surface area contributed by atoms with Crippen molar-refractivity contribution in [2.75, 3.05) is 0 Å². The van der Waals surface area contributed by atoms with Gasteiger partial charge in [-0.15, -0.1) is 4.89 Å². The molecule has 0 bridgehead atoms. The van der Waals surface area contributed by atoms with Crippen molar-refractivity contribution in [3.63, 3.8) is 0 Å². The third kappa shape index (κ3) is 6.13. The van der Waals surface area contributed by atoms with E-state index in [-0.39, 0.29) is 5.92 Å². The Hall–Kier alpha value is -2.08. The molecule has 0 amide bonds. The maximum Gasteiger partial charge on any atom is 0.508 e. The summed E-state index contributed by atoms with van der Waals surface area (Å²) >= 11 is 0. The molecule has 0 heterocycles. The molecule has 1 aromatic carbocycles. The molecule has 22 heavy (non-hydrogen) atoms. The maximum absolute atomic E-state index is 11.8. The van der Waals surface area contributed by atoms with Gasteiger partial charge in [-0.3, -0.25) is 4.89 Å². The fourth-order valence-electron chi connectivity index (χ4n) is 2.01. The zero-order chi connectivity index (χ0) is 16.4. The van der Waals surface area contributed by atoms with Crippen LogP contribution in [-0.4, -0.2) is 23.5 Å². The van der Waals surface area contributed by atoms with E-state index in [0.717, 1.165) is 19.3 Å². The fraction of sp³-hybridized carbons (Fsp3) is 0.500. The van der Waals surface area contributed by atoms with Crippen LogP contribution in [0.5, 0.6) is 0 Å². The van der Waals surface area contributed by atoms with Crippen LogP contribution in [0.3, 0.4) is 0 Å². The zero-order valence-corrected chi connectivity index (χ0v) is 12.9. The molecule has 0 spiro atoms. The Morgan fingerprint density at radius 1 is 1.18 bits per heavy atom. The topological polar surface area (TPSA) is 82.1 Å². The monoisotopic (exact) mass is 310 g/mol. The van der Waals surface area contributed by atoms with Gasteiger partial charge < -0.3 is 9.84 Å². The summed E-state index contributed by atoms with van der Waals surface area (Å²) in [5.41, 5.74) is 0.318. The van der Waals surface area contributed by atoms with Crippen LogP contribution in [-0.2, 0) is 14.5 Å². The van der Waals surface area contributed by atoms with Gasteiger partial charge in [0.25, 0.3) is 6.29 Å². The Morgan fingerprint density at radius 3 is 2.41 bits per heavy atom. The Morgan fingerprint density at radius 2 is 1.86 bits per heavy atom. The Bertz CT molecular complexity index is 459. The Labute approximate surface area is 129 Å². The van der Waals surface area contributed by atoms with Gasteiger partial charge in [-0.2, -0.15) is 0 Å². The summed E-state index contributed by atoms with van der Waals surface area (Å²) in [6, 6.07) is 8.31. The highest BCUT2D eigenvalue weighted by molar-refractivity contribution is 5.88. The van der Waals surface area contributed by atoms with E-state index in [1.165, 1.54) is 0 Å². The maximum atomic E-state index is 11.8. The first-order valence-corrected chi connectivity index (χ1v) is 7.40. The van der Waals surface area contributed by atoms with Crippen LogP contribution >= 0.6 is 0 Å². The number of ether oxygens (including phenoxy) is 1. The third-order valence-corrected chi connectivity index (χ3v) is 3.28. The lowest BCUT2D eigenvalue weighted by Crippen LogP contribution is -2.30. The molecule has 122 valence electrons. The van der Waals surface area contributed by atoms with Crippen molar-refractivity contribution >= 4 is 12.1 Å². The number of carbonyl (C=O) groups is 2. The molecule has 2 unspecified atom stereocenters. The van der Waals surface area contributed by atoms with Crippen molar-refractivity contribution in [3.05, 3.63) is 35.9 Å². The lowest BCUT2D eigenvalue weighted by Gasteiger charge is -2.23. The third-order valence-electron chi connectivity index (χ3n) is 3.28. The smallest absolute Gasteiger partial charge is 0.450 e. The predicted molar refractivity (Wildman–Crippen MR) is 79.1 cm³/mol. The second-order valence-corrected chi connectivity index (χ2v) is 4.90. The van der Waals surface area contributed by atoms with Crippen LogP contribution in [0.2, 0.25) is 0 Å². The highest BCUT2D eigenvalue weighted by Crippen LogP contribution is 2.21. The summed E-state index contributed by atoms with van der Waals surface area (Å²) in [7, 11) is 0. The highest BCUT2D eigenvalue weighted by atomic mass is 17.2. The van der Waals surface area contributed by atoms with E-state index in [0.29, 0.717) is 12.0 Å². The molecule has 0 aliphatic heterocycles. The first-order chi connectivity index (χ1) is 10.6. The van der Waals surface area contributed by atoms with Crippen LogP contribution in [0.4, 0.5) is 4.79 Å². The highest BCUT2D eigenvalue weighted by Gasteiger charge is 2.27. The van der Waals surface area contributed by atoms with Gasteiger partial charge in [-0.1, -0.05) is 44.9 Å². The lowest BCUT2D eigenvalue weighted by atomic mass is 9.99. The van der Waals surface area contributed by atoms with Crippen molar-refractivity contribution in [2.45, 2.75) is 45.8 Å². The molecule has 0 saturated heterocycles. The number of hydrogen-bond acceptors (Lipinski definition) is 5. The van der Waals surface area contributed by atoms with Gasteiger partial charge in [-0.25, -0.2) is 9.59 Å². The molecule has 2 atom stereocenters. The van der Waals surface area contributed by atoms with Crippen LogP contribution < -0.4 is 0 Å². The van der Waals surface area contributed by atoms with E-state index >= 15 is 0 Å². The second-order valence-electron chi connectivity index (χ2n) is 4.90. The number of carbonyl (C=O) groups excluding carboxylic acids is 1. The predicted octanol–water partition coefficient (Wildman–Crippen LogP) is 4.01. The molecular formula is C16H22O6. The Balaban J connectivity index is 2.63. The molecule has 0 fully saturated rings. The minimum atomic E-state index is -1.46. The van der Waals surface area contributed by atoms with Crippen molar-refractivity contribution in [1.29, 1.82) is 0 Å². The number of hydrogen-bond donors (Lipinski definition) is 1. The normalized spacial score (nSPS) is 13.2. The Kier molecular flexibility index (Phi) is 7.99. The van der Waals surface area contributed by atoms with E-state index in [1.807, 2.05) is 13.8 Å². The molecule has 6 heteroatoms. The van der Waals surface area contributed by atoms with E-state index in [4.69, 9.17) is 19.6 Å². The minimum Gasteiger partial charge on any atom is -0.450 e. The lowest BCUT2D eigenvalue weighted by molar-refractivity contribution is -0.342. The van der Waals surface area contributed by atoms with Gasteiger partial charge in [0, 0.05) is 5.92 Å². The van der Waals surface area contributed by atoms with Crippen molar-refractivity contribution < 1.29 is 29.2 Å². The van der Waals surface area contributed by atoms with Crippen LogP contribution in [0.15, 0.2) is 30.3 Å². The standard InChI is InChI=1S/C16H22O6/c1-3-5-9-12(4-2)15(20-16(18)19)22-21-14(17)13-10-7-6-8-11-13/h6-8,10-12,15H,3-5,9H2,1-2H3,(H,18,19). The molecular weight excluding hydrogens is 288 g/mol. The largest absolute Gasteiger partial charge is 0.508 e. The minimum absolute atomic E-state index is 0.167. The number of benzene rings is 1. The van der Waals surface area contributed by atoms with E-state index in [9.17, 15) is 9.59 Å². The molecule has 0 radical (unpaired) electrons. The summed E-state index contributed by atoms with van der Waals surface area (Å²) in [6.07, 6.45) is 0.681.